The van der Waals surface area contributed by atoms with Crippen LogP contribution < -0.4 is 15.8 Å². The van der Waals surface area contributed by atoms with E-state index in [2.05, 4.69) is 10.3 Å². The Morgan fingerprint density at radius 2 is 2.09 bits per heavy atom. The summed E-state index contributed by atoms with van der Waals surface area (Å²) in [5.74, 6) is -5.51. The molecule has 0 radical (unpaired) electrons. The molecule has 4 N–H and O–H groups in total. The molecule has 5 rings (SSSR count). The highest BCUT2D eigenvalue weighted by molar-refractivity contribution is 7.89. The summed E-state index contributed by atoms with van der Waals surface area (Å²) in [6, 6.07) is 7.04. The van der Waals surface area contributed by atoms with Gasteiger partial charge >= 0.3 is 6.09 Å². The van der Waals surface area contributed by atoms with E-state index in [0.717, 1.165) is 29.6 Å². The molecule has 0 aliphatic carbocycles. The number of carbonyl (C=O) groups is 1. The van der Waals surface area contributed by atoms with Crippen LogP contribution in [0.1, 0.15) is 59.7 Å². The van der Waals surface area contributed by atoms with Crippen molar-refractivity contribution in [3.05, 3.63) is 70.2 Å². The van der Waals surface area contributed by atoms with E-state index >= 15 is 0 Å². The van der Waals surface area contributed by atoms with Crippen LogP contribution in [-0.2, 0) is 37.2 Å². The lowest BCUT2D eigenvalue weighted by atomic mass is 10.0. The number of nitrogens with two attached hydrogens (primary N) is 1. The number of ether oxygens (including phenoxy) is 4. The average molecular weight is 692 g/mol. The molecule has 3 heterocycles. The van der Waals surface area contributed by atoms with E-state index in [9.17, 15) is 18.3 Å². The second-order valence-electron chi connectivity index (χ2n) is 10.1. The maximum Gasteiger partial charge on any atom is 0.407 e. The second kappa shape index (κ2) is 15.1. The van der Waals surface area contributed by atoms with Crippen molar-refractivity contribution in [3.63, 3.8) is 0 Å². The van der Waals surface area contributed by atoms with Crippen LogP contribution in [0.5, 0.6) is 5.75 Å². The van der Waals surface area contributed by atoms with Gasteiger partial charge in [0.15, 0.2) is 6.29 Å². The third-order valence-electron chi connectivity index (χ3n) is 6.84. The average Bonchev–Trinajstić information content (AvgIpc) is 3.87. The molecule has 2 aliphatic rings. The molecule has 2 fully saturated rings. The number of nitrogens with one attached hydrogen (secondary N) is 1. The minimum Gasteiger partial charge on any atom is -0.487 e. The highest BCUT2D eigenvalue weighted by atomic mass is 32.2. The van der Waals surface area contributed by atoms with Crippen LogP contribution in [0.2, 0.25) is 0 Å². The first kappa shape index (κ1) is 18.3. The summed E-state index contributed by atoms with van der Waals surface area (Å²) in [7, 11) is -5.43. The predicted molar refractivity (Wildman–Crippen MR) is 173 cm³/mol. The molecule has 0 bridgehead atoms. The van der Waals surface area contributed by atoms with Gasteiger partial charge in [0.1, 0.15) is 18.4 Å². The van der Waals surface area contributed by atoms with Gasteiger partial charge in [-0.25, -0.2) is 18.2 Å². The summed E-state index contributed by atoms with van der Waals surface area (Å²) in [6.45, 7) is -22.0. The Morgan fingerprint density at radius 1 is 1.30 bits per heavy atom. The Bertz CT molecular complexity index is 2210. The fourth-order valence-electron chi connectivity index (χ4n) is 4.56. The minimum atomic E-state index is -5.43. The number of hydrogen-bond donors (Lipinski definition) is 3. The Kier molecular flexibility index (Phi) is 6.01. The topological polar surface area (TPSA) is 163 Å². The van der Waals surface area contributed by atoms with Gasteiger partial charge in [-0.3, -0.25) is 0 Å². The van der Waals surface area contributed by atoms with E-state index in [1.54, 1.807) is 0 Å². The van der Waals surface area contributed by atoms with Crippen LogP contribution >= 0.6 is 11.3 Å². The van der Waals surface area contributed by atoms with Gasteiger partial charge in [-0.05, 0) is 67.5 Å². The molecule has 46 heavy (non-hydrogen) atoms. The molecule has 0 saturated carbocycles. The second-order valence-corrected chi connectivity index (χ2v) is 12.8. The van der Waals surface area contributed by atoms with Gasteiger partial charge < -0.3 is 35.1 Å². The van der Waals surface area contributed by atoms with Gasteiger partial charge in [0.05, 0.1) is 53.7 Å². The smallest absolute Gasteiger partial charge is 0.407 e. The van der Waals surface area contributed by atoms with E-state index in [4.69, 9.17) is 48.0 Å². The zero-order chi connectivity index (χ0) is 47.6. The zero-order valence-corrected chi connectivity index (χ0v) is 25.6. The number of nitrogen functional groups attached to an aromatic ring is 1. The fraction of sp³-hybridized carbons (Fsp3) is 0.500. The largest absolute Gasteiger partial charge is 0.487 e. The molecule has 1 amide bonds. The van der Waals surface area contributed by atoms with Gasteiger partial charge in [-0.1, -0.05) is 25.8 Å². The number of amides is 1. The molecule has 2 saturated heterocycles. The van der Waals surface area contributed by atoms with Crippen molar-refractivity contribution in [1.29, 1.82) is 0 Å². The molecule has 1 aromatic heterocycles. The molecular weight excluding hydrogens is 633 g/mol. The zero-order valence-electron chi connectivity index (χ0n) is 40.9. The number of thiazole rings is 1. The summed E-state index contributed by atoms with van der Waals surface area (Å²) in [5.41, 5.74) is 5.53. The molecule has 0 spiro atoms. The Labute approximate surface area is 297 Å². The third-order valence-corrected chi connectivity index (χ3v) is 9.18. The van der Waals surface area contributed by atoms with E-state index in [0.29, 0.717) is 11.3 Å². The molecule has 250 valence electrons. The van der Waals surface area contributed by atoms with E-state index < -0.39 is 110 Å². The van der Waals surface area contributed by atoms with Crippen LogP contribution in [0.25, 0.3) is 0 Å². The number of anilines is 1. The van der Waals surface area contributed by atoms with Crippen molar-refractivity contribution in [2.45, 2.75) is 69.4 Å². The van der Waals surface area contributed by atoms with Crippen LogP contribution in [0, 0.1) is 18.7 Å². The number of hydrogen-bond acceptors (Lipinski definition) is 11. The Hall–Kier alpha value is -3.27. The molecule has 2 aliphatic heterocycles. The van der Waals surface area contributed by atoms with E-state index in [-0.39, 0.29) is 45.0 Å². The summed E-state index contributed by atoms with van der Waals surface area (Å²) >= 11 is 0.691. The van der Waals surface area contributed by atoms with Crippen LogP contribution in [0.15, 0.2) is 58.8 Å². The normalized spacial score (nSPS) is 30.7. The lowest BCUT2D eigenvalue weighted by molar-refractivity contribution is -0.0907. The first-order chi connectivity index (χ1) is 28.6. The number of aliphatic hydroxyl groups excluding tert-OH is 1. The SMILES string of the molecule is [2H]C([2H])([2H])c1nc(C([2H])([2H])Oc2ccc(C[C@H](NC(=O)O[C@]3([2H])[C@@H]4CCO[C@@H]4OC3([2H])[2H])[C@H](O)CN(C([2H])([2H])C([2H])(C([2H])([2H])[2H])C([2H])([2H])[2H])S(=O)(=O)c3ccc(N)cc3)cc2)cs1. The standard InChI is InChI=1S/C32H42N4O8S2/c1-20(2)15-36(46(39,40)26-10-6-23(33)7-11-26)16-29(37)28(35-32(38)44-30-18-43-31-27(30)12-13-41-31)14-22-4-8-25(9-5-22)42-17-24-19-45-21(3)34-24/h4-11,19-20,27-31,37H,12-18,33H2,1-3H3,(H,35,38)/t27-,28-,29+,30-,31+/m0/s1/i1D3,2D3,3D3,15D2,17D2,18D2,20D,30D. The van der Waals surface area contributed by atoms with Gasteiger partial charge in [0, 0.05) is 40.6 Å². The number of benzene rings is 2. The van der Waals surface area contributed by atoms with Gasteiger partial charge in [0.25, 0.3) is 0 Å². The fourth-order valence-corrected chi connectivity index (χ4v) is 6.33. The van der Waals surface area contributed by atoms with Crippen LogP contribution in [0.4, 0.5) is 10.5 Å². The quantitative estimate of drug-likeness (QED) is 0.213. The molecule has 5 atom stereocenters. The highest BCUT2D eigenvalue weighted by Crippen LogP contribution is 2.33. The Balaban J connectivity index is 1.53. The lowest BCUT2D eigenvalue weighted by Crippen LogP contribution is -2.51. The van der Waals surface area contributed by atoms with E-state index in [1.165, 1.54) is 24.3 Å². The number of nitrogens with zero attached hydrogens (tertiary/aromatic N) is 2. The van der Waals surface area contributed by atoms with Crippen LogP contribution in [-0.4, -0.2) is 79.6 Å². The van der Waals surface area contributed by atoms with Crippen molar-refractivity contribution in [1.82, 2.24) is 14.6 Å². The number of alkyl carbamates (subject to hydrolysis) is 1. The van der Waals surface area contributed by atoms with Crippen molar-refractivity contribution in [2.75, 3.05) is 31.9 Å². The highest BCUT2D eigenvalue weighted by Gasteiger charge is 2.44. The Morgan fingerprint density at radius 3 is 2.80 bits per heavy atom. The molecule has 2 aromatic carbocycles. The minimum absolute atomic E-state index is 0.0248. The number of rotatable bonds is 14. The molecule has 12 nitrogen and oxygen atoms in total. The number of aryl methyl sites for hydroxylation is 1. The summed E-state index contributed by atoms with van der Waals surface area (Å²) in [4.78, 5) is 16.7. The number of aliphatic hydroxyl groups is 1. The predicted octanol–water partition coefficient (Wildman–Crippen LogP) is 3.72. The van der Waals surface area contributed by atoms with Gasteiger partial charge in [-0.15, -0.1) is 11.3 Å². The van der Waals surface area contributed by atoms with E-state index in [1.807, 2.05) is 0 Å². The first-order valence-electron chi connectivity index (χ1n) is 22.2. The number of aromatic nitrogens is 1. The van der Waals surface area contributed by atoms with Crippen molar-refractivity contribution >= 4 is 33.1 Å². The number of sulfonamides is 1. The van der Waals surface area contributed by atoms with Crippen molar-refractivity contribution in [3.8, 4) is 5.75 Å². The maximum absolute atomic E-state index is 14.3. The van der Waals surface area contributed by atoms with Crippen molar-refractivity contribution in [2.24, 2.45) is 11.8 Å². The lowest BCUT2D eigenvalue weighted by Gasteiger charge is -2.31. The number of carbonyl (C=O) groups excluding carboxylic acids is 1. The summed E-state index contributed by atoms with van der Waals surface area (Å²) in [5, 5.41) is 14.9. The molecule has 14 heteroatoms. The first-order valence-corrected chi connectivity index (χ1v) is 16.0. The van der Waals surface area contributed by atoms with Gasteiger partial charge in [0.2, 0.25) is 10.0 Å². The van der Waals surface area contributed by atoms with Crippen LogP contribution in [0.3, 0.4) is 0 Å². The number of fused-ring (bicyclic) bond motifs is 1. The monoisotopic (exact) mass is 691 g/mol. The molecule has 3 aromatic rings. The summed E-state index contributed by atoms with van der Waals surface area (Å²) < 4.78 is 188. The molecule has 0 unspecified atom stereocenters. The van der Waals surface area contributed by atoms with Gasteiger partial charge in [-0.2, -0.15) is 4.31 Å². The third kappa shape index (κ3) is 8.75. The van der Waals surface area contributed by atoms with Crippen molar-refractivity contribution < 1.29 is 60.6 Å². The molecular formula is C32H42N4O8S2. The summed E-state index contributed by atoms with van der Waals surface area (Å²) in [6.07, 6.45) is -8.51. The maximum atomic E-state index is 14.3.